The molecule has 6 nitrogen and oxygen atoms in total. The van der Waals surface area contributed by atoms with Crippen molar-refractivity contribution in [2.24, 2.45) is 0 Å². The zero-order chi connectivity index (χ0) is 25.9. The molecule has 4 fully saturated rings. The number of nitrogens with one attached hydrogen (secondary N) is 1. The fraction of sp³-hybridized carbons (Fsp3) is 0.519. The number of fused-ring (bicyclic) bond motifs is 2. The van der Waals surface area contributed by atoms with Crippen LogP contribution in [-0.2, 0) is 16.6 Å². The van der Waals surface area contributed by atoms with Crippen LogP contribution in [0, 0.1) is 5.82 Å². The fourth-order valence-electron chi connectivity index (χ4n) is 5.93. The molecule has 11 heteroatoms. The molecule has 3 atom stereocenters. The summed E-state index contributed by atoms with van der Waals surface area (Å²) >= 11 is 12.3. The van der Waals surface area contributed by atoms with Gasteiger partial charge in [-0.15, -0.1) is 12.4 Å². The largest absolute Gasteiger partial charge is 0.490 e. The van der Waals surface area contributed by atoms with Gasteiger partial charge >= 0.3 is 0 Å². The van der Waals surface area contributed by atoms with Crippen LogP contribution in [0.1, 0.15) is 78.8 Å². The molecule has 6 rings (SSSR count). The van der Waals surface area contributed by atoms with Crippen molar-refractivity contribution in [1.29, 1.82) is 0 Å². The summed E-state index contributed by atoms with van der Waals surface area (Å²) in [7, 11) is -3.74. The molecule has 4 aliphatic rings. The first-order valence-electron chi connectivity index (χ1n) is 12.9. The monoisotopic (exact) mass is 602 g/mol. The molecular formula is C27H30Cl3FN2O4S. The lowest BCUT2D eigenvalue weighted by Crippen LogP contribution is -2.45. The average Bonchev–Trinajstić information content (AvgIpc) is 3.71. The second-order valence-electron chi connectivity index (χ2n) is 10.9. The molecule has 38 heavy (non-hydrogen) atoms. The minimum atomic E-state index is -3.74. The molecule has 1 amide bonds. The standard InChI is InChI=1S/C27H29Cl2FN2O4S.ClH/c28-17-8-18(29)10-21(9-17)36-22-11-19-3-4-20(12-22)32(19)14-16-7-26(30)25(13-24(16)15-1-2-15)27(33)31-37(34,35)23-5-6-23;/h7-10,13,15,19-20,22-23H,1-6,11-12,14H2,(H,31,33);1H/t19-,20+,22+;. The third kappa shape index (κ3) is 5.94. The number of ether oxygens (including phenoxy) is 1. The lowest BCUT2D eigenvalue weighted by atomic mass is 9.95. The van der Waals surface area contributed by atoms with Crippen LogP contribution in [0.3, 0.4) is 0 Å². The molecule has 0 radical (unpaired) electrons. The van der Waals surface area contributed by atoms with E-state index in [1.165, 1.54) is 6.07 Å². The molecule has 2 saturated heterocycles. The van der Waals surface area contributed by atoms with Crippen molar-refractivity contribution in [3.05, 3.63) is 62.9 Å². The zero-order valence-corrected chi connectivity index (χ0v) is 23.8. The highest BCUT2D eigenvalue weighted by Crippen LogP contribution is 2.45. The van der Waals surface area contributed by atoms with Gasteiger partial charge in [0.15, 0.2) is 0 Å². The molecule has 2 heterocycles. The van der Waals surface area contributed by atoms with E-state index in [0.717, 1.165) is 49.7 Å². The molecule has 2 aromatic carbocycles. The number of carbonyl (C=O) groups excluding carboxylic acids is 1. The number of carbonyl (C=O) groups is 1. The molecule has 0 spiro atoms. The maximum atomic E-state index is 15.2. The minimum Gasteiger partial charge on any atom is -0.490 e. The number of piperidine rings is 1. The topological polar surface area (TPSA) is 75.7 Å². The average molecular weight is 604 g/mol. The van der Waals surface area contributed by atoms with E-state index in [-0.39, 0.29) is 30.0 Å². The summed E-state index contributed by atoms with van der Waals surface area (Å²) in [6.45, 7) is 0.607. The summed E-state index contributed by atoms with van der Waals surface area (Å²) in [5.74, 6) is -0.595. The van der Waals surface area contributed by atoms with E-state index in [2.05, 4.69) is 9.62 Å². The number of nitrogens with zero attached hydrogens (tertiary/aromatic N) is 1. The number of hydrogen-bond acceptors (Lipinski definition) is 5. The van der Waals surface area contributed by atoms with Crippen molar-refractivity contribution in [1.82, 2.24) is 9.62 Å². The van der Waals surface area contributed by atoms with Gasteiger partial charge in [0.05, 0.1) is 10.8 Å². The quantitative estimate of drug-likeness (QED) is 0.387. The van der Waals surface area contributed by atoms with Crippen molar-refractivity contribution in [2.45, 2.75) is 87.3 Å². The number of hydrogen-bond donors (Lipinski definition) is 1. The lowest BCUT2D eigenvalue weighted by molar-refractivity contribution is 0.0443. The van der Waals surface area contributed by atoms with Crippen LogP contribution in [0.25, 0.3) is 0 Å². The van der Waals surface area contributed by atoms with E-state index in [9.17, 15) is 13.2 Å². The van der Waals surface area contributed by atoms with E-state index in [1.807, 2.05) is 0 Å². The Morgan fingerprint density at radius 1 is 0.974 bits per heavy atom. The Bertz CT molecular complexity index is 1320. The Hall–Kier alpha value is -1.58. The Balaban J connectivity index is 0.00000294. The van der Waals surface area contributed by atoms with Crippen molar-refractivity contribution < 1.29 is 22.3 Å². The lowest BCUT2D eigenvalue weighted by Gasteiger charge is -2.39. The first kappa shape index (κ1) is 28.0. The molecule has 0 unspecified atom stereocenters. The van der Waals surface area contributed by atoms with Crippen molar-refractivity contribution >= 4 is 51.5 Å². The Morgan fingerprint density at radius 3 is 2.18 bits per heavy atom. The third-order valence-electron chi connectivity index (χ3n) is 8.02. The molecule has 0 aromatic heterocycles. The highest BCUT2D eigenvalue weighted by atomic mass is 35.5. The van der Waals surface area contributed by atoms with Crippen LogP contribution in [0.2, 0.25) is 10.0 Å². The molecule has 1 N–H and O–H groups in total. The molecule has 2 aliphatic heterocycles. The van der Waals surface area contributed by atoms with Crippen LogP contribution >= 0.6 is 35.6 Å². The highest BCUT2D eigenvalue weighted by Gasteiger charge is 2.42. The first-order valence-corrected chi connectivity index (χ1v) is 15.2. The van der Waals surface area contributed by atoms with Gasteiger partial charge in [-0.1, -0.05) is 23.2 Å². The van der Waals surface area contributed by atoms with Gasteiger partial charge < -0.3 is 4.74 Å². The summed E-state index contributed by atoms with van der Waals surface area (Å²) in [6.07, 6.45) is 6.95. The summed E-state index contributed by atoms with van der Waals surface area (Å²) in [6, 6.07) is 8.91. The molecular weight excluding hydrogens is 574 g/mol. The van der Waals surface area contributed by atoms with E-state index in [4.69, 9.17) is 27.9 Å². The van der Waals surface area contributed by atoms with Crippen molar-refractivity contribution in [3.63, 3.8) is 0 Å². The highest BCUT2D eigenvalue weighted by molar-refractivity contribution is 7.91. The Kier molecular flexibility index (Phi) is 7.93. The fourth-order valence-corrected chi connectivity index (χ4v) is 7.72. The van der Waals surface area contributed by atoms with Gasteiger partial charge in [0.2, 0.25) is 10.0 Å². The van der Waals surface area contributed by atoms with Crippen molar-refractivity contribution in [2.75, 3.05) is 0 Å². The second-order valence-corrected chi connectivity index (χ2v) is 13.7. The smallest absolute Gasteiger partial charge is 0.267 e. The van der Waals surface area contributed by atoms with E-state index in [1.54, 1.807) is 24.3 Å². The summed E-state index contributed by atoms with van der Waals surface area (Å²) < 4.78 is 47.9. The number of amides is 1. The van der Waals surface area contributed by atoms with Crippen LogP contribution < -0.4 is 9.46 Å². The molecule has 2 bridgehead atoms. The SMILES string of the molecule is Cl.O=C(NS(=O)(=O)C1CC1)c1cc(C2CC2)c(CN2[C@@H]3CC[C@H]2C[C@@H](Oc2cc(Cl)cc(Cl)c2)C3)cc1F. The third-order valence-corrected chi connectivity index (χ3v) is 10.3. The van der Waals surface area contributed by atoms with Crippen LogP contribution in [0.5, 0.6) is 5.75 Å². The minimum absolute atomic E-state index is 0. The summed E-state index contributed by atoms with van der Waals surface area (Å²) in [5, 5.41) is 0.541. The van der Waals surface area contributed by atoms with E-state index in [0.29, 0.717) is 47.3 Å². The Labute approximate surface area is 238 Å². The van der Waals surface area contributed by atoms with Gasteiger partial charge in [-0.05, 0) is 98.7 Å². The molecule has 2 saturated carbocycles. The first-order chi connectivity index (χ1) is 17.7. The maximum absolute atomic E-state index is 15.2. The molecule has 2 aromatic rings. The molecule has 206 valence electrons. The number of benzene rings is 2. The van der Waals surface area contributed by atoms with Crippen LogP contribution in [0.15, 0.2) is 30.3 Å². The number of sulfonamides is 1. The van der Waals surface area contributed by atoms with Gasteiger partial charge in [0, 0.05) is 28.7 Å². The van der Waals surface area contributed by atoms with Gasteiger partial charge in [-0.25, -0.2) is 17.5 Å². The summed E-state index contributed by atoms with van der Waals surface area (Å²) in [5.41, 5.74) is 1.66. The Morgan fingerprint density at radius 2 is 1.61 bits per heavy atom. The van der Waals surface area contributed by atoms with Gasteiger partial charge in [0.25, 0.3) is 5.91 Å². The van der Waals surface area contributed by atoms with Gasteiger partial charge in [-0.3, -0.25) is 9.69 Å². The predicted molar refractivity (Wildman–Crippen MR) is 147 cm³/mol. The van der Waals surface area contributed by atoms with Crippen LogP contribution in [0.4, 0.5) is 4.39 Å². The maximum Gasteiger partial charge on any atom is 0.267 e. The van der Waals surface area contributed by atoms with Gasteiger partial charge in [-0.2, -0.15) is 0 Å². The normalized spacial score (nSPS) is 25.1. The van der Waals surface area contributed by atoms with E-state index >= 15 is 4.39 Å². The number of rotatable bonds is 8. The van der Waals surface area contributed by atoms with Crippen molar-refractivity contribution in [3.8, 4) is 5.75 Å². The predicted octanol–water partition coefficient (Wildman–Crippen LogP) is 6.23. The number of halogens is 4. The van der Waals surface area contributed by atoms with Crippen LogP contribution in [-0.4, -0.2) is 42.7 Å². The second kappa shape index (κ2) is 10.8. The van der Waals surface area contributed by atoms with Gasteiger partial charge in [0.1, 0.15) is 17.7 Å². The van der Waals surface area contributed by atoms with E-state index < -0.39 is 27.0 Å². The molecule has 2 aliphatic carbocycles. The summed E-state index contributed by atoms with van der Waals surface area (Å²) in [4.78, 5) is 15.1. The zero-order valence-electron chi connectivity index (χ0n) is 20.7.